The standard InChI is InChI=1S/C93H127N13O15S2/c1-55(2)23-20-24-56(3)66-39-40-67-65-38-36-62-35-37-63(50-93(62,7)68(65)41-42-92(66,67)6)121-91(120)95-44-19-16-31-70-81(110)104-80(58(5)109)88(117)103-77(86(115)101-75(52-107)57(4)108)54-123-122-53-76(85(114)98-72(47-59-25-10-8-11-26-59)82(111)99-74(84(113)97-70)49-61-51-96-69-30-15-14-29-64(61)69)102-83(112)73(48-60-27-12-9-13-28-60)100-87(116)78-33-21-45-105(78)90(119)79-34-22-46-106(79)89(118)71-32-17-18-43-94-71/h8-15,17-18,25-30,32,36,43,51,55-58,63,65-68,70,72-80,96,107-109H,16,19-24,31,33-35,37-42,44-50,52-54H2,1-7H3,(H,95,120)(H,97,113)(H,98,114)(H,99,111)(H,100,116)(H,101,115)(H,102,112)(H,103,117)(H,104,110)/t56-,57-,58-,63-,65+,66-,67+,68+,70+,72+,73+,74+,75-,76+,77+,78-,79+,80+,92-,93+/m1/s1. The van der Waals surface area contributed by atoms with E-state index < -0.39 is 144 Å². The van der Waals surface area contributed by atoms with Crippen molar-refractivity contribution in [2.75, 3.05) is 37.7 Å². The third-order valence-electron chi connectivity index (χ3n) is 27.4. The molecule has 30 heteroatoms. The van der Waals surface area contributed by atoms with Crippen molar-refractivity contribution in [3.8, 4) is 0 Å². The largest absolute Gasteiger partial charge is 0.446 e. The number of hydrogen-bond acceptors (Lipinski definition) is 18. The lowest BCUT2D eigenvalue weighted by atomic mass is 9.47. The summed E-state index contributed by atoms with van der Waals surface area (Å²) in [5, 5.41) is 58.3. The maximum Gasteiger partial charge on any atom is 0.407 e. The highest BCUT2D eigenvalue weighted by Crippen LogP contribution is 2.67. The third kappa shape index (κ3) is 23.2. The number of carbonyl (C=O) groups excluding carboxylic acids is 11. The lowest BCUT2D eigenvalue weighted by molar-refractivity contribution is -0.142. The molecule has 0 spiro atoms. The Labute approximate surface area is 729 Å². The van der Waals surface area contributed by atoms with Crippen molar-refractivity contribution in [2.24, 2.45) is 46.3 Å². The Morgan fingerprint density at radius 1 is 0.659 bits per heavy atom. The molecule has 666 valence electrons. The number of amides is 11. The summed E-state index contributed by atoms with van der Waals surface area (Å²) in [5.41, 5.74) is 4.39. The van der Waals surface area contributed by atoms with Crippen molar-refractivity contribution in [1.82, 2.24) is 67.6 Å². The number of likely N-dealkylation sites (tertiary alicyclic amines) is 2. The fourth-order valence-electron chi connectivity index (χ4n) is 20.7. The normalized spacial score (nSPS) is 28.5. The fourth-order valence-corrected chi connectivity index (χ4v) is 23.0. The average molecular weight is 1730 g/mol. The number of aliphatic hydroxyl groups excluding tert-OH is 3. The SMILES string of the molecule is CC(C)CCC[C@@H](C)[C@H]1CC[C@H]2[C@@H]3CC=C4CC[C@@H](OC(=O)NCCCC[C@@H]5NC(=O)[C@H](Cc6c[nH]c7ccccc67)NC(=O)[C@H](Cc6ccccc6)NC(=O)[C@@H](NC(=O)[C@H](Cc6ccccc6)NC(=O)[C@H]6CCCN6C(=O)[C@@H]6CCCN6C(=O)c6ccccn6)CSSC[C@@H](C(=O)N[C@H](CO)[C@@H](C)O)NC(=O)[C@H]([C@@H](C)O)NC5=O)C[C@]4(C)[C@H]3CC[C@]12C. The van der Waals surface area contributed by atoms with E-state index in [2.05, 4.69) is 98.5 Å². The zero-order valence-electron chi connectivity index (χ0n) is 72.0. The summed E-state index contributed by atoms with van der Waals surface area (Å²) in [5.74, 6) is -4.58. The van der Waals surface area contributed by atoms with Gasteiger partial charge < -0.3 is 82.7 Å². The van der Waals surface area contributed by atoms with Crippen LogP contribution in [0.25, 0.3) is 10.9 Å². The van der Waals surface area contributed by atoms with Crippen LogP contribution in [-0.4, -0.2) is 217 Å². The maximum absolute atomic E-state index is 15.6. The van der Waals surface area contributed by atoms with Gasteiger partial charge in [0.15, 0.2) is 0 Å². The van der Waals surface area contributed by atoms with E-state index in [1.807, 2.05) is 24.3 Å². The van der Waals surface area contributed by atoms with E-state index in [0.29, 0.717) is 94.8 Å². The van der Waals surface area contributed by atoms with Crippen LogP contribution in [0.5, 0.6) is 0 Å². The number of fused-ring (bicyclic) bond motifs is 6. The van der Waals surface area contributed by atoms with Crippen molar-refractivity contribution in [3.63, 3.8) is 0 Å². The van der Waals surface area contributed by atoms with Crippen LogP contribution >= 0.6 is 21.6 Å². The minimum atomic E-state index is -1.80. The van der Waals surface area contributed by atoms with Crippen molar-refractivity contribution in [3.05, 3.63) is 150 Å². The molecule has 28 nitrogen and oxygen atoms in total. The van der Waals surface area contributed by atoms with E-state index in [1.165, 1.54) is 80.4 Å². The molecule has 4 aliphatic carbocycles. The van der Waals surface area contributed by atoms with Crippen LogP contribution in [-0.2, 0) is 67.2 Å². The summed E-state index contributed by atoms with van der Waals surface area (Å²) < 4.78 is 6.29. The number of H-pyrrole nitrogens is 1. The second-order valence-electron chi connectivity index (χ2n) is 36.2. The predicted molar refractivity (Wildman–Crippen MR) is 471 cm³/mol. The molecule has 0 unspecified atom stereocenters. The van der Waals surface area contributed by atoms with Crippen LogP contribution in [0.1, 0.15) is 191 Å². The summed E-state index contributed by atoms with van der Waals surface area (Å²) in [6.07, 6.45) is 15.6. The van der Waals surface area contributed by atoms with Crippen LogP contribution in [0, 0.1) is 46.3 Å². The van der Waals surface area contributed by atoms with Crippen molar-refractivity contribution >= 4 is 97.7 Å². The summed E-state index contributed by atoms with van der Waals surface area (Å²) in [7, 11) is 1.92. The second-order valence-corrected chi connectivity index (χ2v) is 38.7. The molecule has 0 bridgehead atoms. The number of ether oxygens (including phenoxy) is 1. The molecule has 3 aliphatic heterocycles. The number of nitrogens with zero attached hydrogens (tertiary/aromatic N) is 3. The highest BCUT2D eigenvalue weighted by Gasteiger charge is 2.60. The van der Waals surface area contributed by atoms with Gasteiger partial charge in [-0.3, -0.25) is 52.9 Å². The monoisotopic (exact) mass is 1730 g/mol. The number of hydrogen-bond donors (Lipinski definition) is 13. The average Bonchev–Trinajstić information content (AvgIpc) is 1.66. The molecule has 12 rings (SSSR count). The predicted octanol–water partition coefficient (Wildman–Crippen LogP) is 8.22. The van der Waals surface area contributed by atoms with Crippen molar-refractivity contribution in [1.29, 1.82) is 0 Å². The summed E-state index contributed by atoms with van der Waals surface area (Å²) in [4.78, 5) is 174. The maximum atomic E-state index is 15.6. The number of aliphatic hydroxyl groups is 3. The van der Waals surface area contributed by atoms with E-state index >= 15 is 24.0 Å². The van der Waals surface area contributed by atoms with E-state index in [1.54, 1.807) is 85.1 Å². The van der Waals surface area contributed by atoms with Gasteiger partial charge in [-0.2, -0.15) is 0 Å². The molecule has 11 amide bonds. The molecule has 13 N–H and O–H groups in total. The number of aromatic amines is 1. The number of rotatable bonds is 28. The molecule has 3 aromatic carbocycles. The number of alkyl carbamates (subject to hydrolysis) is 1. The van der Waals surface area contributed by atoms with Gasteiger partial charge in [-0.05, 0) is 191 Å². The zero-order valence-corrected chi connectivity index (χ0v) is 73.6. The van der Waals surface area contributed by atoms with E-state index in [0.717, 1.165) is 46.8 Å². The van der Waals surface area contributed by atoms with Crippen LogP contribution in [0.2, 0.25) is 0 Å². The summed E-state index contributed by atoms with van der Waals surface area (Å²) in [6.45, 7) is 14.6. The topological polar surface area (TPSA) is 401 Å². The van der Waals surface area contributed by atoms with Crippen LogP contribution in [0.4, 0.5) is 4.79 Å². The number of allylic oxidation sites excluding steroid dienone is 2. The van der Waals surface area contributed by atoms with E-state index in [9.17, 15) is 44.1 Å². The van der Waals surface area contributed by atoms with Crippen molar-refractivity contribution in [2.45, 2.75) is 262 Å². The van der Waals surface area contributed by atoms with Gasteiger partial charge in [-0.25, -0.2) is 4.79 Å². The molecule has 20 atom stereocenters. The van der Waals surface area contributed by atoms with Gasteiger partial charge in [0.2, 0.25) is 53.2 Å². The molecule has 123 heavy (non-hydrogen) atoms. The van der Waals surface area contributed by atoms with E-state index in [-0.39, 0.29) is 86.8 Å². The first-order valence-electron chi connectivity index (χ1n) is 44.5. The Balaban J connectivity index is 0.788. The molecular formula is C93H127N13O15S2. The smallest absolute Gasteiger partial charge is 0.407 e. The molecule has 6 fully saturated rings. The Bertz CT molecular complexity index is 4520. The molecule has 7 aliphatic rings. The van der Waals surface area contributed by atoms with Gasteiger partial charge in [0.1, 0.15) is 66.2 Å². The minimum absolute atomic E-state index is 0.0920. The first kappa shape index (κ1) is 92.8. The van der Waals surface area contributed by atoms with Crippen LogP contribution < -0.4 is 47.9 Å². The van der Waals surface area contributed by atoms with Gasteiger partial charge in [0.25, 0.3) is 5.91 Å². The Hall–Kier alpha value is -9.36. The number of benzene rings is 3. The van der Waals surface area contributed by atoms with Crippen LogP contribution in [0.3, 0.4) is 0 Å². The van der Waals surface area contributed by atoms with Crippen LogP contribution in [0.15, 0.2) is 127 Å². The Kier molecular flexibility index (Phi) is 32.5. The van der Waals surface area contributed by atoms with Crippen molar-refractivity contribution < 1.29 is 72.8 Å². The quantitative estimate of drug-likeness (QED) is 0.0127. The summed E-state index contributed by atoms with van der Waals surface area (Å²) in [6, 6.07) is 15.8. The number of aromatic nitrogens is 2. The molecular weight excluding hydrogens is 1600 g/mol. The number of para-hydroxylation sites is 1. The van der Waals surface area contributed by atoms with Gasteiger partial charge >= 0.3 is 6.09 Å². The first-order chi connectivity index (χ1) is 59.1. The molecule has 3 saturated heterocycles. The van der Waals surface area contributed by atoms with Gasteiger partial charge in [0.05, 0.1) is 24.9 Å². The molecule has 0 radical (unpaired) electrons. The number of unbranched alkanes of at least 4 members (excludes halogenated alkanes) is 1. The number of carbonyl (C=O) groups is 11. The number of pyridine rings is 1. The highest BCUT2D eigenvalue weighted by atomic mass is 33.1. The first-order valence-corrected chi connectivity index (χ1v) is 47.0. The zero-order chi connectivity index (χ0) is 87.7. The minimum Gasteiger partial charge on any atom is -0.446 e. The summed E-state index contributed by atoms with van der Waals surface area (Å²) >= 11 is 0. The fraction of sp³-hybridized carbons (Fsp3) is 0.591. The molecule has 2 aromatic heterocycles. The number of nitrogens with one attached hydrogen (secondary N) is 10. The lowest BCUT2D eigenvalue weighted by Crippen LogP contribution is -2.62. The van der Waals surface area contributed by atoms with Gasteiger partial charge in [-0.15, -0.1) is 0 Å². The molecule has 3 saturated carbocycles. The third-order valence-corrected chi connectivity index (χ3v) is 29.8. The van der Waals surface area contributed by atoms with E-state index in [4.69, 9.17) is 4.74 Å². The Morgan fingerprint density at radius 2 is 1.33 bits per heavy atom. The van der Waals surface area contributed by atoms with Gasteiger partial charge in [-0.1, -0.05) is 172 Å². The lowest BCUT2D eigenvalue weighted by Gasteiger charge is -2.58. The highest BCUT2D eigenvalue weighted by molar-refractivity contribution is 8.76. The van der Waals surface area contributed by atoms with Gasteiger partial charge in [0, 0.05) is 73.7 Å². The molecule has 5 heterocycles. The molecule has 5 aromatic rings. The Morgan fingerprint density at radius 3 is 2.05 bits per heavy atom. The second kappa shape index (κ2) is 43.0.